The third kappa shape index (κ3) is 1.73. The van der Waals surface area contributed by atoms with Crippen molar-refractivity contribution >= 4 is 33.2 Å². The molecular weight excluding hydrogens is 254 g/mol. The van der Waals surface area contributed by atoms with Crippen molar-refractivity contribution < 1.29 is 0 Å². The maximum Gasteiger partial charge on any atom is 0.178 e. The minimum atomic E-state index is 0.524. The van der Waals surface area contributed by atoms with Crippen LogP contribution in [0.3, 0.4) is 0 Å². The summed E-state index contributed by atoms with van der Waals surface area (Å²) in [7, 11) is 1.97. The summed E-state index contributed by atoms with van der Waals surface area (Å²) < 4.78 is 1.98. The van der Waals surface area contributed by atoms with E-state index in [1.807, 2.05) is 42.9 Å². The molecule has 3 aromatic rings. The van der Waals surface area contributed by atoms with E-state index in [-0.39, 0.29) is 0 Å². The van der Waals surface area contributed by atoms with Crippen LogP contribution in [0.15, 0.2) is 24.4 Å². The van der Waals surface area contributed by atoms with Gasteiger partial charge < -0.3 is 4.57 Å². The Labute approximate surface area is 108 Å². The molecule has 3 aromatic heterocycles. The van der Waals surface area contributed by atoms with Gasteiger partial charge in [0, 0.05) is 23.5 Å². The number of fused-ring (bicyclic) bond motifs is 1. The molecule has 0 spiro atoms. The molecule has 0 fully saturated rings. The van der Waals surface area contributed by atoms with E-state index in [4.69, 9.17) is 11.6 Å². The van der Waals surface area contributed by atoms with Gasteiger partial charge in [-0.05, 0) is 25.1 Å². The predicted molar refractivity (Wildman–Crippen MR) is 71.6 cm³/mol. The van der Waals surface area contributed by atoms with Crippen LogP contribution in [0, 0.1) is 6.92 Å². The molecule has 3 heterocycles. The lowest BCUT2D eigenvalue weighted by Crippen LogP contribution is -1.95. The molecule has 0 radical (unpaired) electrons. The molecule has 0 aliphatic carbocycles. The van der Waals surface area contributed by atoms with E-state index in [0.29, 0.717) is 11.0 Å². The molecule has 0 bridgehead atoms. The fourth-order valence-corrected chi connectivity index (χ4v) is 2.97. The topological polar surface area (TPSA) is 30.7 Å². The summed E-state index contributed by atoms with van der Waals surface area (Å²) in [5.41, 5.74) is 0.972. The van der Waals surface area contributed by atoms with Crippen LogP contribution in [0.1, 0.15) is 4.88 Å². The van der Waals surface area contributed by atoms with Gasteiger partial charge >= 0.3 is 0 Å². The highest BCUT2D eigenvalue weighted by atomic mass is 35.5. The number of thiophene rings is 1. The SMILES string of the molecule is Cc1cc2c(Cl)nc(-c3cccn3C)nc2s1. The van der Waals surface area contributed by atoms with Crippen LogP contribution in [0.4, 0.5) is 0 Å². The Morgan fingerprint density at radius 3 is 2.88 bits per heavy atom. The highest BCUT2D eigenvalue weighted by Crippen LogP contribution is 2.30. The van der Waals surface area contributed by atoms with Gasteiger partial charge in [0.25, 0.3) is 0 Å². The maximum absolute atomic E-state index is 6.19. The first-order valence-electron chi connectivity index (χ1n) is 5.20. The standard InChI is InChI=1S/C12H10ClN3S/c1-7-6-8-10(13)14-11(15-12(8)17-7)9-4-3-5-16(9)2/h3-6H,1-2H3. The summed E-state index contributed by atoms with van der Waals surface area (Å²) in [6.07, 6.45) is 1.97. The molecule has 5 heteroatoms. The van der Waals surface area contributed by atoms with E-state index < -0.39 is 0 Å². The van der Waals surface area contributed by atoms with E-state index in [0.717, 1.165) is 15.9 Å². The number of aryl methyl sites for hydroxylation is 2. The number of hydrogen-bond donors (Lipinski definition) is 0. The summed E-state index contributed by atoms with van der Waals surface area (Å²) in [5.74, 6) is 0.678. The lowest BCUT2D eigenvalue weighted by atomic mass is 10.3. The van der Waals surface area contributed by atoms with E-state index >= 15 is 0 Å². The number of nitrogens with zero attached hydrogens (tertiary/aromatic N) is 3. The van der Waals surface area contributed by atoms with Gasteiger partial charge in [0.05, 0.1) is 5.69 Å². The van der Waals surface area contributed by atoms with Gasteiger partial charge in [-0.15, -0.1) is 11.3 Å². The molecule has 3 nitrogen and oxygen atoms in total. The summed E-state index contributed by atoms with van der Waals surface area (Å²) in [6.45, 7) is 2.05. The second-order valence-electron chi connectivity index (χ2n) is 3.92. The molecule has 0 aromatic carbocycles. The first-order chi connectivity index (χ1) is 8.15. The zero-order valence-electron chi connectivity index (χ0n) is 9.44. The smallest absolute Gasteiger partial charge is 0.178 e. The minimum absolute atomic E-state index is 0.524. The van der Waals surface area contributed by atoms with E-state index in [1.54, 1.807) is 11.3 Å². The first-order valence-corrected chi connectivity index (χ1v) is 6.40. The minimum Gasteiger partial charge on any atom is -0.348 e. The summed E-state index contributed by atoms with van der Waals surface area (Å²) in [4.78, 5) is 11.1. The van der Waals surface area contributed by atoms with Gasteiger partial charge in [-0.2, -0.15) is 0 Å². The van der Waals surface area contributed by atoms with Gasteiger partial charge in [-0.3, -0.25) is 0 Å². The molecule has 0 saturated carbocycles. The molecular formula is C12H10ClN3S. The van der Waals surface area contributed by atoms with Gasteiger partial charge in [0.15, 0.2) is 5.82 Å². The average Bonchev–Trinajstić information content (AvgIpc) is 2.83. The van der Waals surface area contributed by atoms with Gasteiger partial charge in [0.1, 0.15) is 9.98 Å². The molecule has 0 atom stereocenters. The Morgan fingerprint density at radius 1 is 1.35 bits per heavy atom. The van der Waals surface area contributed by atoms with Crippen LogP contribution in [0.2, 0.25) is 5.15 Å². The molecule has 17 heavy (non-hydrogen) atoms. The largest absolute Gasteiger partial charge is 0.348 e. The van der Waals surface area contributed by atoms with Crippen LogP contribution >= 0.6 is 22.9 Å². The monoisotopic (exact) mass is 263 g/mol. The summed E-state index contributed by atoms with van der Waals surface area (Å²) >= 11 is 7.83. The fourth-order valence-electron chi connectivity index (χ4n) is 1.82. The average molecular weight is 264 g/mol. The molecule has 0 aliphatic heterocycles. The zero-order chi connectivity index (χ0) is 12.0. The second-order valence-corrected chi connectivity index (χ2v) is 5.51. The van der Waals surface area contributed by atoms with Gasteiger partial charge in [-0.25, -0.2) is 9.97 Å². The predicted octanol–water partition coefficient (Wildman–Crippen LogP) is 3.66. The van der Waals surface area contributed by atoms with Gasteiger partial charge in [-0.1, -0.05) is 11.6 Å². The Kier molecular flexibility index (Phi) is 2.42. The van der Waals surface area contributed by atoms with E-state index in [1.165, 1.54) is 4.88 Å². The van der Waals surface area contributed by atoms with Crippen molar-refractivity contribution in [3.8, 4) is 11.5 Å². The van der Waals surface area contributed by atoms with Crippen molar-refractivity contribution in [1.29, 1.82) is 0 Å². The van der Waals surface area contributed by atoms with Crippen LogP contribution in [-0.4, -0.2) is 14.5 Å². The molecule has 0 N–H and O–H groups in total. The molecule has 0 amide bonds. The van der Waals surface area contributed by atoms with E-state index in [2.05, 4.69) is 9.97 Å². The highest BCUT2D eigenvalue weighted by Gasteiger charge is 2.11. The Bertz CT molecular complexity index is 699. The van der Waals surface area contributed by atoms with Crippen molar-refractivity contribution in [2.24, 2.45) is 7.05 Å². The molecule has 3 rings (SSSR count). The molecule has 0 saturated heterocycles. The number of rotatable bonds is 1. The Balaban J connectivity index is 2.28. The molecule has 0 unspecified atom stereocenters. The van der Waals surface area contributed by atoms with Crippen molar-refractivity contribution in [3.63, 3.8) is 0 Å². The van der Waals surface area contributed by atoms with Crippen LogP contribution in [0.5, 0.6) is 0 Å². The zero-order valence-corrected chi connectivity index (χ0v) is 11.0. The van der Waals surface area contributed by atoms with Crippen molar-refractivity contribution in [1.82, 2.24) is 14.5 Å². The van der Waals surface area contributed by atoms with Crippen LogP contribution in [0.25, 0.3) is 21.7 Å². The number of hydrogen-bond acceptors (Lipinski definition) is 3. The van der Waals surface area contributed by atoms with Crippen molar-refractivity contribution in [2.75, 3.05) is 0 Å². The fraction of sp³-hybridized carbons (Fsp3) is 0.167. The third-order valence-corrected chi connectivity index (χ3v) is 3.87. The highest BCUT2D eigenvalue weighted by molar-refractivity contribution is 7.18. The number of halogens is 1. The van der Waals surface area contributed by atoms with E-state index in [9.17, 15) is 0 Å². The maximum atomic E-state index is 6.19. The lowest BCUT2D eigenvalue weighted by Gasteiger charge is -2.02. The third-order valence-electron chi connectivity index (χ3n) is 2.64. The molecule has 0 aliphatic rings. The number of aromatic nitrogens is 3. The van der Waals surface area contributed by atoms with Crippen LogP contribution in [-0.2, 0) is 7.05 Å². The van der Waals surface area contributed by atoms with Crippen molar-refractivity contribution in [2.45, 2.75) is 6.92 Å². The quantitative estimate of drug-likeness (QED) is 0.628. The van der Waals surface area contributed by atoms with Gasteiger partial charge in [0.2, 0.25) is 0 Å². The second kappa shape index (κ2) is 3.82. The van der Waals surface area contributed by atoms with Crippen LogP contribution < -0.4 is 0 Å². The van der Waals surface area contributed by atoms with Crippen molar-refractivity contribution in [3.05, 3.63) is 34.4 Å². The summed E-state index contributed by atoms with van der Waals surface area (Å²) in [5, 5.41) is 1.46. The Hall–Kier alpha value is -1.39. The Morgan fingerprint density at radius 2 is 2.18 bits per heavy atom. The molecule has 86 valence electrons. The normalized spacial score (nSPS) is 11.2. The first kappa shape index (κ1) is 10.7. The summed E-state index contributed by atoms with van der Waals surface area (Å²) in [6, 6.07) is 5.98. The lowest BCUT2D eigenvalue weighted by molar-refractivity contribution is 0.924.